The molecule has 0 atom stereocenters. The number of phenolic OH excluding ortho intramolecular Hbond substituents is 1. The second kappa shape index (κ2) is 11.3. The van der Waals surface area contributed by atoms with Gasteiger partial charge in [0.1, 0.15) is 5.69 Å². The number of aryl methyl sites for hydroxylation is 6. The van der Waals surface area contributed by atoms with E-state index < -0.39 is 6.01 Å². The van der Waals surface area contributed by atoms with Gasteiger partial charge in [-0.25, -0.2) is 0 Å². The van der Waals surface area contributed by atoms with Gasteiger partial charge in [0.05, 0.1) is 11.4 Å². The fourth-order valence-electron chi connectivity index (χ4n) is 5.46. The molecule has 4 N–H and O–H groups in total. The molecule has 0 unspecified atom stereocenters. The molecule has 0 radical (unpaired) electrons. The Labute approximate surface area is 255 Å². The number of phenols is 1. The highest BCUT2D eigenvalue weighted by Gasteiger charge is 2.17. The number of aromatic hydroxyl groups is 2. The fraction of sp³-hybridized carbons (Fsp3) is 0.171. The summed E-state index contributed by atoms with van der Waals surface area (Å²) in [5, 5.41) is 41.0. The highest BCUT2D eigenvalue weighted by Crippen LogP contribution is 2.43. The second-order valence-corrected chi connectivity index (χ2v) is 11.2. The van der Waals surface area contributed by atoms with Crippen LogP contribution in [0.4, 0.5) is 34.6 Å². The standard InChI is InChI=1S/C35H33N7O2/c1-18-13-25-16-22(5)31(42-41-27-12-11-24-9-7-8-10-26(24)23(27)6)32(43)30(25)29(14-18)37-34-38-33(39-35(44)40-34)36-28-17-20(3)19(2)15-21(28)4/h7-17,43H,1-6H3,(H3,36,37,38,39,40,44)/b42-41+. The molecule has 44 heavy (non-hydrogen) atoms. The van der Waals surface area contributed by atoms with E-state index >= 15 is 0 Å². The van der Waals surface area contributed by atoms with Gasteiger partial charge in [-0.3, -0.25) is 0 Å². The van der Waals surface area contributed by atoms with Crippen molar-refractivity contribution in [2.45, 2.75) is 41.5 Å². The Kier molecular flexibility index (Phi) is 7.30. The number of anilines is 4. The van der Waals surface area contributed by atoms with Crippen molar-refractivity contribution in [2.24, 2.45) is 10.2 Å². The number of nitrogens with zero attached hydrogens (tertiary/aromatic N) is 5. The predicted molar refractivity (Wildman–Crippen MR) is 177 cm³/mol. The number of rotatable bonds is 6. The minimum atomic E-state index is -0.441. The lowest BCUT2D eigenvalue weighted by Crippen LogP contribution is -2.05. The Hall–Kier alpha value is -5.57. The van der Waals surface area contributed by atoms with Gasteiger partial charge in [0.15, 0.2) is 5.75 Å². The van der Waals surface area contributed by atoms with Gasteiger partial charge in [0.25, 0.3) is 0 Å². The lowest BCUT2D eigenvalue weighted by molar-refractivity contribution is 0.430. The first-order chi connectivity index (χ1) is 21.1. The van der Waals surface area contributed by atoms with E-state index in [1.54, 1.807) is 0 Å². The van der Waals surface area contributed by atoms with E-state index in [0.29, 0.717) is 16.8 Å². The minimum Gasteiger partial charge on any atom is -0.505 e. The molecule has 0 spiro atoms. The minimum absolute atomic E-state index is 0.0212. The maximum atomic E-state index is 11.6. The van der Waals surface area contributed by atoms with Crippen molar-refractivity contribution in [3.8, 4) is 11.8 Å². The average Bonchev–Trinajstić information content (AvgIpc) is 2.96. The van der Waals surface area contributed by atoms with Crippen molar-refractivity contribution in [3.63, 3.8) is 0 Å². The summed E-state index contributed by atoms with van der Waals surface area (Å²) in [6.45, 7) is 12.0. The monoisotopic (exact) mass is 583 g/mol. The van der Waals surface area contributed by atoms with Crippen LogP contribution >= 0.6 is 0 Å². The van der Waals surface area contributed by atoms with Gasteiger partial charge in [-0.2, -0.15) is 20.1 Å². The lowest BCUT2D eigenvalue weighted by Gasteiger charge is -2.15. The van der Waals surface area contributed by atoms with Crippen LogP contribution in [0.3, 0.4) is 0 Å². The summed E-state index contributed by atoms with van der Waals surface area (Å²) in [5.41, 5.74) is 8.55. The lowest BCUT2D eigenvalue weighted by atomic mass is 10.0. The predicted octanol–water partition coefficient (Wildman–Crippen LogP) is 9.34. The first kappa shape index (κ1) is 28.5. The zero-order valence-corrected chi connectivity index (χ0v) is 25.5. The van der Waals surface area contributed by atoms with Gasteiger partial charge in [0, 0.05) is 11.1 Å². The van der Waals surface area contributed by atoms with Crippen LogP contribution in [0, 0.1) is 41.5 Å². The second-order valence-electron chi connectivity index (χ2n) is 11.2. The van der Waals surface area contributed by atoms with E-state index in [1.165, 1.54) is 5.56 Å². The largest absolute Gasteiger partial charge is 0.505 e. The first-order valence-electron chi connectivity index (χ1n) is 14.3. The van der Waals surface area contributed by atoms with E-state index in [2.05, 4.69) is 60.9 Å². The topological polar surface area (TPSA) is 128 Å². The summed E-state index contributed by atoms with van der Waals surface area (Å²) in [7, 11) is 0. The summed E-state index contributed by atoms with van der Waals surface area (Å²) in [6.07, 6.45) is 0. The van der Waals surface area contributed by atoms with E-state index in [4.69, 9.17) is 0 Å². The molecular formula is C35H33N7O2. The maximum Gasteiger partial charge on any atom is 0.320 e. The van der Waals surface area contributed by atoms with Gasteiger partial charge in [0.2, 0.25) is 11.9 Å². The Morgan fingerprint density at radius 2 is 1.32 bits per heavy atom. The zero-order chi connectivity index (χ0) is 31.1. The quantitative estimate of drug-likeness (QED) is 0.144. The van der Waals surface area contributed by atoms with Crippen molar-refractivity contribution >= 4 is 56.2 Å². The third-order valence-corrected chi connectivity index (χ3v) is 7.90. The van der Waals surface area contributed by atoms with Gasteiger partial charge in [-0.05, 0) is 115 Å². The summed E-state index contributed by atoms with van der Waals surface area (Å²) >= 11 is 0. The number of hydrogen-bond acceptors (Lipinski definition) is 9. The van der Waals surface area contributed by atoms with Crippen molar-refractivity contribution in [1.82, 2.24) is 15.0 Å². The van der Waals surface area contributed by atoms with Crippen LogP contribution in [0.5, 0.6) is 11.8 Å². The first-order valence-corrected chi connectivity index (χ1v) is 14.3. The van der Waals surface area contributed by atoms with E-state index in [0.717, 1.165) is 55.4 Å². The molecule has 9 heteroatoms. The van der Waals surface area contributed by atoms with Crippen molar-refractivity contribution in [1.29, 1.82) is 0 Å². The summed E-state index contributed by atoms with van der Waals surface area (Å²) in [6, 6.07) is 21.6. The molecular weight excluding hydrogens is 550 g/mol. The van der Waals surface area contributed by atoms with Crippen molar-refractivity contribution in [3.05, 3.63) is 100 Å². The number of fused-ring (bicyclic) bond motifs is 2. The van der Waals surface area contributed by atoms with Crippen molar-refractivity contribution < 1.29 is 10.2 Å². The molecule has 5 aromatic carbocycles. The molecule has 6 rings (SSSR count). The molecule has 0 amide bonds. The number of hydrogen-bond donors (Lipinski definition) is 4. The summed E-state index contributed by atoms with van der Waals surface area (Å²) in [4.78, 5) is 12.7. The smallest absolute Gasteiger partial charge is 0.320 e. The van der Waals surface area contributed by atoms with E-state index in [1.807, 2.05) is 83.1 Å². The van der Waals surface area contributed by atoms with Crippen LogP contribution in [0.25, 0.3) is 21.5 Å². The molecule has 0 saturated heterocycles. The molecule has 0 aliphatic carbocycles. The highest BCUT2D eigenvalue weighted by molar-refractivity contribution is 6.03. The Morgan fingerprint density at radius 1 is 0.614 bits per heavy atom. The molecule has 0 fully saturated rings. The van der Waals surface area contributed by atoms with Crippen LogP contribution in [0.15, 0.2) is 77.0 Å². The molecule has 0 aliphatic rings. The number of nitrogens with one attached hydrogen (secondary N) is 2. The van der Waals surface area contributed by atoms with Gasteiger partial charge in [-0.15, -0.1) is 5.11 Å². The van der Waals surface area contributed by atoms with Gasteiger partial charge < -0.3 is 20.8 Å². The summed E-state index contributed by atoms with van der Waals surface area (Å²) in [5.74, 6) is 0.277. The van der Waals surface area contributed by atoms with Gasteiger partial charge >= 0.3 is 6.01 Å². The van der Waals surface area contributed by atoms with Crippen LogP contribution in [-0.2, 0) is 0 Å². The fourth-order valence-corrected chi connectivity index (χ4v) is 5.46. The third-order valence-electron chi connectivity index (χ3n) is 7.90. The third kappa shape index (κ3) is 5.47. The van der Waals surface area contributed by atoms with Crippen LogP contribution in [-0.4, -0.2) is 25.2 Å². The Balaban J connectivity index is 1.39. The molecule has 6 aromatic rings. The SMILES string of the molecule is Cc1cc(Nc2nc(O)nc(Nc3cc(C)c(C)cc3C)n2)c2c(O)c(/N=N/c3ccc4ccccc4c3C)c(C)cc2c1. The Bertz CT molecular complexity index is 2120. The number of benzene rings is 5. The van der Waals surface area contributed by atoms with Crippen molar-refractivity contribution in [2.75, 3.05) is 10.6 Å². The molecule has 0 bridgehead atoms. The summed E-state index contributed by atoms with van der Waals surface area (Å²) < 4.78 is 0. The average molecular weight is 584 g/mol. The molecule has 1 heterocycles. The number of aromatic nitrogens is 3. The molecule has 1 aromatic heterocycles. The van der Waals surface area contributed by atoms with E-state index in [9.17, 15) is 10.2 Å². The Morgan fingerprint density at radius 3 is 2.09 bits per heavy atom. The number of azo groups is 1. The van der Waals surface area contributed by atoms with Gasteiger partial charge in [-0.1, -0.05) is 42.5 Å². The molecule has 0 saturated carbocycles. The maximum absolute atomic E-state index is 11.6. The molecule has 0 aliphatic heterocycles. The normalized spacial score (nSPS) is 11.5. The van der Waals surface area contributed by atoms with Crippen LogP contribution < -0.4 is 10.6 Å². The molecule has 9 nitrogen and oxygen atoms in total. The zero-order valence-electron chi connectivity index (χ0n) is 25.5. The van der Waals surface area contributed by atoms with Crippen LogP contribution in [0.2, 0.25) is 0 Å². The van der Waals surface area contributed by atoms with Crippen LogP contribution in [0.1, 0.15) is 33.4 Å². The van der Waals surface area contributed by atoms with E-state index in [-0.39, 0.29) is 17.6 Å². The highest BCUT2D eigenvalue weighted by atomic mass is 16.3. The molecule has 220 valence electrons.